The van der Waals surface area contributed by atoms with Gasteiger partial charge < -0.3 is 0 Å². The van der Waals surface area contributed by atoms with Gasteiger partial charge in [0, 0.05) is 6.04 Å². The average Bonchev–Trinajstić information content (AvgIpc) is 2.48. The third-order valence-corrected chi connectivity index (χ3v) is 3.45. The van der Waals surface area contributed by atoms with Crippen LogP contribution in [-0.2, 0) is 0 Å². The van der Waals surface area contributed by atoms with Gasteiger partial charge in [-0.3, -0.25) is 9.67 Å². The van der Waals surface area contributed by atoms with Crippen molar-refractivity contribution in [2.45, 2.75) is 51.0 Å². The van der Waals surface area contributed by atoms with E-state index in [0.717, 1.165) is 12.8 Å². The Balaban J connectivity index is 2.21. The minimum Gasteiger partial charge on any atom is -0.272 e. The van der Waals surface area contributed by atoms with Gasteiger partial charge in [0.25, 0.3) is 0 Å². The van der Waals surface area contributed by atoms with Crippen LogP contribution in [0, 0.1) is 4.77 Å². The first-order valence-corrected chi connectivity index (χ1v) is 6.09. The van der Waals surface area contributed by atoms with Gasteiger partial charge in [-0.05, 0) is 25.1 Å². The Kier molecular flexibility index (Phi) is 3.41. The Morgan fingerprint density at radius 1 is 1.07 bits per heavy atom. The van der Waals surface area contributed by atoms with Crippen LogP contribution < -0.4 is 5.69 Å². The third-order valence-electron chi connectivity index (χ3n) is 3.15. The van der Waals surface area contributed by atoms with Gasteiger partial charge in [0.1, 0.15) is 0 Å². The van der Waals surface area contributed by atoms with E-state index in [1.165, 1.54) is 32.1 Å². The molecule has 1 aromatic rings. The molecule has 0 aliphatic heterocycles. The standard InChI is InChI=1S/C10H17N3OS/c14-9-11-12-10(15)13(9)8-6-4-2-1-3-5-7-8/h8H,1-7H2,(H,11,14)(H,12,15). The second kappa shape index (κ2) is 4.79. The maximum absolute atomic E-state index is 11.5. The largest absolute Gasteiger partial charge is 0.342 e. The number of nitrogens with one attached hydrogen (secondary N) is 2. The first-order valence-electron chi connectivity index (χ1n) is 5.68. The Labute approximate surface area is 93.7 Å². The summed E-state index contributed by atoms with van der Waals surface area (Å²) in [5, 5.41) is 5.26. The summed E-state index contributed by atoms with van der Waals surface area (Å²) in [5.74, 6) is 0. The summed E-state index contributed by atoms with van der Waals surface area (Å²) in [6.07, 6.45) is 8.47. The zero-order chi connectivity index (χ0) is 10.7. The number of nitrogens with zero attached hydrogens (tertiary/aromatic N) is 1. The van der Waals surface area contributed by atoms with Crippen molar-refractivity contribution in [3.8, 4) is 0 Å². The van der Waals surface area contributed by atoms with E-state index in [2.05, 4.69) is 10.2 Å². The van der Waals surface area contributed by atoms with E-state index in [1.807, 2.05) is 0 Å². The summed E-state index contributed by atoms with van der Waals surface area (Å²) >= 11 is 5.11. The molecule has 5 heteroatoms. The van der Waals surface area contributed by atoms with Gasteiger partial charge in [0.2, 0.25) is 0 Å². The molecule has 0 atom stereocenters. The van der Waals surface area contributed by atoms with E-state index in [0.29, 0.717) is 10.8 Å². The first-order chi connectivity index (χ1) is 7.29. The minimum atomic E-state index is -0.0921. The molecule has 0 bridgehead atoms. The summed E-state index contributed by atoms with van der Waals surface area (Å²) < 4.78 is 2.24. The van der Waals surface area contributed by atoms with Crippen molar-refractivity contribution < 1.29 is 0 Å². The summed E-state index contributed by atoms with van der Waals surface area (Å²) in [5.41, 5.74) is -0.0921. The monoisotopic (exact) mass is 227 g/mol. The van der Waals surface area contributed by atoms with E-state index in [4.69, 9.17) is 12.2 Å². The molecule has 0 aromatic carbocycles. The Morgan fingerprint density at radius 2 is 1.67 bits per heavy atom. The highest BCUT2D eigenvalue weighted by Gasteiger charge is 2.16. The van der Waals surface area contributed by atoms with E-state index < -0.39 is 0 Å². The molecule has 2 N–H and O–H groups in total. The number of H-pyrrole nitrogens is 2. The fourth-order valence-corrected chi connectivity index (χ4v) is 2.63. The lowest BCUT2D eigenvalue weighted by Gasteiger charge is -2.19. The van der Waals surface area contributed by atoms with Crippen LogP contribution in [0.2, 0.25) is 0 Å². The zero-order valence-electron chi connectivity index (χ0n) is 8.79. The second-order valence-corrected chi connectivity index (χ2v) is 4.62. The van der Waals surface area contributed by atoms with Crippen molar-refractivity contribution in [1.82, 2.24) is 14.8 Å². The van der Waals surface area contributed by atoms with Crippen LogP contribution in [0.5, 0.6) is 0 Å². The molecule has 0 unspecified atom stereocenters. The van der Waals surface area contributed by atoms with Crippen molar-refractivity contribution >= 4 is 12.2 Å². The Hall–Kier alpha value is -0.840. The van der Waals surface area contributed by atoms with Gasteiger partial charge in [-0.2, -0.15) is 0 Å². The van der Waals surface area contributed by atoms with Crippen LogP contribution in [0.15, 0.2) is 4.79 Å². The molecular weight excluding hydrogens is 210 g/mol. The van der Waals surface area contributed by atoms with Crippen LogP contribution in [0.3, 0.4) is 0 Å². The first kappa shape index (κ1) is 10.7. The fourth-order valence-electron chi connectivity index (χ4n) is 2.34. The SMILES string of the molecule is O=c1[nH][nH]c(=S)n1C1CCCCCCC1. The molecule has 84 valence electrons. The quantitative estimate of drug-likeness (QED) is 0.724. The summed E-state index contributed by atoms with van der Waals surface area (Å²) in [7, 11) is 0. The van der Waals surface area contributed by atoms with Gasteiger partial charge in [-0.1, -0.05) is 32.1 Å². The number of aromatic amines is 2. The molecule has 1 aromatic heterocycles. The maximum atomic E-state index is 11.5. The molecular formula is C10H17N3OS. The number of rotatable bonds is 1. The molecule has 2 rings (SSSR count). The maximum Gasteiger partial charge on any atom is 0.342 e. The normalized spacial score (nSPS) is 19.7. The summed E-state index contributed by atoms with van der Waals surface area (Å²) in [4.78, 5) is 11.5. The smallest absolute Gasteiger partial charge is 0.272 e. The molecule has 4 nitrogen and oxygen atoms in total. The van der Waals surface area contributed by atoms with Gasteiger partial charge in [0.05, 0.1) is 0 Å². The molecule has 0 saturated heterocycles. The number of hydrogen-bond acceptors (Lipinski definition) is 2. The average molecular weight is 227 g/mol. The van der Waals surface area contributed by atoms with Crippen LogP contribution in [-0.4, -0.2) is 14.8 Å². The Morgan fingerprint density at radius 3 is 2.20 bits per heavy atom. The van der Waals surface area contributed by atoms with E-state index in [-0.39, 0.29) is 5.69 Å². The molecule has 1 aliphatic carbocycles. The predicted octanol–water partition coefficient (Wildman–Crippen LogP) is 2.52. The molecule has 0 spiro atoms. The van der Waals surface area contributed by atoms with E-state index >= 15 is 0 Å². The summed E-state index contributed by atoms with van der Waals surface area (Å²) in [6, 6.07) is 0.299. The van der Waals surface area contributed by atoms with Crippen molar-refractivity contribution in [2.75, 3.05) is 0 Å². The lowest BCUT2D eigenvalue weighted by Crippen LogP contribution is -2.23. The van der Waals surface area contributed by atoms with Gasteiger partial charge >= 0.3 is 5.69 Å². The van der Waals surface area contributed by atoms with Gasteiger partial charge in [-0.15, -0.1) is 0 Å². The van der Waals surface area contributed by atoms with Crippen molar-refractivity contribution in [3.63, 3.8) is 0 Å². The highest BCUT2D eigenvalue weighted by molar-refractivity contribution is 7.71. The molecule has 0 radical (unpaired) electrons. The van der Waals surface area contributed by atoms with Crippen molar-refractivity contribution in [2.24, 2.45) is 0 Å². The summed E-state index contributed by atoms with van der Waals surface area (Å²) in [6.45, 7) is 0. The van der Waals surface area contributed by atoms with Crippen LogP contribution >= 0.6 is 12.2 Å². The zero-order valence-corrected chi connectivity index (χ0v) is 9.61. The lowest BCUT2D eigenvalue weighted by molar-refractivity contribution is 0.363. The number of hydrogen-bond donors (Lipinski definition) is 2. The van der Waals surface area contributed by atoms with E-state index in [9.17, 15) is 4.79 Å². The lowest BCUT2D eigenvalue weighted by atomic mass is 9.97. The molecule has 0 amide bonds. The highest BCUT2D eigenvalue weighted by atomic mass is 32.1. The number of aromatic nitrogens is 3. The van der Waals surface area contributed by atoms with Crippen molar-refractivity contribution in [1.29, 1.82) is 0 Å². The molecule has 1 saturated carbocycles. The minimum absolute atomic E-state index is 0.0921. The van der Waals surface area contributed by atoms with Crippen LogP contribution in [0.1, 0.15) is 51.0 Å². The Bertz CT molecular complexity index is 381. The van der Waals surface area contributed by atoms with Crippen molar-refractivity contribution in [3.05, 3.63) is 15.3 Å². The second-order valence-electron chi connectivity index (χ2n) is 4.23. The van der Waals surface area contributed by atoms with Crippen LogP contribution in [0.25, 0.3) is 0 Å². The molecule has 1 heterocycles. The molecule has 1 aliphatic rings. The molecule has 1 fully saturated rings. The van der Waals surface area contributed by atoms with E-state index in [1.54, 1.807) is 4.57 Å². The van der Waals surface area contributed by atoms with Crippen LogP contribution in [0.4, 0.5) is 0 Å². The van der Waals surface area contributed by atoms with Gasteiger partial charge in [0.15, 0.2) is 4.77 Å². The van der Waals surface area contributed by atoms with Gasteiger partial charge in [-0.25, -0.2) is 9.89 Å². The fraction of sp³-hybridized carbons (Fsp3) is 0.800. The highest BCUT2D eigenvalue weighted by Crippen LogP contribution is 2.25. The topological polar surface area (TPSA) is 53.6 Å². The molecule has 15 heavy (non-hydrogen) atoms. The third kappa shape index (κ3) is 2.40. The predicted molar refractivity (Wildman–Crippen MR) is 61.6 cm³/mol.